The molecule has 16 heavy (non-hydrogen) atoms. The van der Waals surface area contributed by atoms with Crippen molar-refractivity contribution in [3.05, 3.63) is 52.5 Å². The Labute approximate surface area is 101 Å². The maximum atomic E-state index is 13.6. The first-order valence-electron chi connectivity index (χ1n) is 4.80. The number of nitrogens with zero attached hydrogens (tertiary/aromatic N) is 1. The number of benzene rings is 1. The number of aromatic nitrogens is 1. The Morgan fingerprint density at radius 1 is 1.25 bits per heavy atom. The van der Waals surface area contributed by atoms with Crippen LogP contribution in [0.2, 0.25) is 0 Å². The summed E-state index contributed by atoms with van der Waals surface area (Å²) in [7, 11) is 0. The Morgan fingerprint density at radius 3 is 2.81 bits per heavy atom. The smallest absolute Gasteiger partial charge is 0.131 e. The second-order valence-corrected chi connectivity index (χ2v) is 4.33. The van der Waals surface area contributed by atoms with Gasteiger partial charge in [0.1, 0.15) is 5.82 Å². The van der Waals surface area contributed by atoms with Crippen LogP contribution in [0.1, 0.15) is 5.56 Å². The quantitative estimate of drug-likeness (QED) is 0.918. The predicted octanol–water partition coefficient (Wildman–Crippen LogP) is 3.11. The van der Waals surface area contributed by atoms with Crippen molar-refractivity contribution in [2.24, 2.45) is 5.73 Å². The molecule has 0 saturated heterocycles. The van der Waals surface area contributed by atoms with Crippen LogP contribution in [0.5, 0.6) is 0 Å². The van der Waals surface area contributed by atoms with Gasteiger partial charge in [-0.2, -0.15) is 0 Å². The van der Waals surface area contributed by atoms with Gasteiger partial charge < -0.3 is 5.73 Å². The molecule has 2 aromatic rings. The molecule has 1 heterocycles. The van der Waals surface area contributed by atoms with E-state index in [1.165, 1.54) is 6.07 Å². The third kappa shape index (κ3) is 2.28. The minimum absolute atomic E-state index is 0.265. The first-order chi connectivity index (χ1) is 7.70. The lowest BCUT2D eigenvalue weighted by Gasteiger charge is -2.05. The van der Waals surface area contributed by atoms with Crippen LogP contribution >= 0.6 is 15.9 Å². The fourth-order valence-electron chi connectivity index (χ4n) is 1.47. The van der Waals surface area contributed by atoms with Gasteiger partial charge in [0.25, 0.3) is 0 Å². The zero-order chi connectivity index (χ0) is 11.5. The third-order valence-electron chi connectivity index (χ3n) is 2.27. The molecule has 4 heteroatoms. The van der Waals surface area contributed by atoms with Crippen LogP contribution in [0, 0.1) is 5.82 Å². The number of pyridine rings is 1. The van der Waals surface area contributed by atoms with E-state index in [2.05, 4.69) is 20.9 Å². The average molecular weight is 281 g/mol. The molecule has 0 aliphatic rings. The van der Waals surface area contributed by atoms with E-state index >= 15 is 0 Å². The van der Waals surface area contributed by atoms with Gasteiger partial charge in [0, 0.05) is 34.5 Å². The van der Waals surface area contributed by atoms with Crippen molar-refractivity contribution in [1.29, 1.82) is 0 Å². The Hall–Kier alpha value is -1.26. The number of halogens is 2. The molecule has 0 bridgehead atoms. The average Bonchev–Trinajstić information content (AvgIpc) is 2.32. The van der Waals surface area contributed by atoms with Crippen molar-refractivity contribution in [3.8, 4) is 11.1 Å². The van der Waals surface area contributed by atoms with Gasteiger partial charge in [-0.1, -0.05) is 15.9 Å². The van der Waals surface area contributed by atoms with Gasteiger partial charge in [-0.05, 0) is 29.8 Å². The number of hydrogen-bond donors (Lipinski definition) is 1. The minimum Gasteiger partial charge on any atom is -0.326 e. The Morgan fingerprint density at radius 2 is 2.06 bits per heavy atom. The molecule has 1 aromatic carbocycles. The second kappa shape index (κ2) is 4.72. The summed E-state index contributed by atoms with van der Waals surface area (Å²) >= 11 is 3.32. The van der Waals surface area contributed by atoms with Gasteiger partial charge in [0.2, 0.25) is 0 Å². The van der Waals surface area contributed by atoms with Crippen molar-refractivity contribution < 1.29 is 4.39 Å². The summed E-state index contributed by atoms with van der Waals surface area (Å²) in [6, 6.07) is 6.66. The molecule has 0 fully saturated rings. The van der Waals surface area contributed by atoms with Gasteiger partial charge in [0.05, 0.1) is 0 Å². The van der Waals surface area contributed by atoms with Crippen LogP contribution < -0.4 is 5.73 Å². The minimum atomic E-state index is -0.265. The molecule has 0 unspecified atom stereocenters. The maximum Gasteiger partial charge on any atom is 0.131 e. The molecule has 0 radical (unpaired) electrons. The van der Waals surface area contributed by atoms with E-state index in [0.29, 0.717) is 12.1 Å². The van der Waals surface area contributed by atoms with Crippen LogP contribution in [-0.2, 0) is 6.54 Å². The molecule has 0 saturated carbocycles. The fourth-order valence-corrected chi connectivity index (χ4v) is 1.83. The number of hydrogen-bond acceptors (Lipinski definition) is 2. The monoisotopic (exact) mass is 280 g/mol. The van der Waals surface area contributed by atoms with E-state index in [4.69, 9.17) is 5.73 Å². The Bertz CT molecular complexity index is 514. The molecular formula is C12H10BrFN2. The van der Waals surface area contributed by atoms with Gasteiger partial charge in [-0.3, -0.25) is 4.98 Å². The van der Waals surface area contributed by atoms with E-state index in [1.54, 1.807) is 24.5 Å². The highest BCUT2D eigenvalue weighted by atomic mass is 79.9. The normalized spacial score (nSPS) is 10.4. The van der Waals surface area contributed by atoms with Gasteiger partial charge in [-0.15, -0.1) is 0 Å². The largest absolute Gasteiger partial charge is 0.326 e. The van der Waals surface area contributed by atoms with E-state index in [-0.39, 0.29) is 5.82 Å². The summed E-state index contributed by atoms with van der Waals surface area (Å²) in [5, 5.41) is 0. The highest BCUT2D eigenvalue weighted by Crippen LogP contribution is 2.26. The molecule has 0 amide bonds. The summed E-state index contributed by atoms with van der Waals surface area (Å²) in [4.78, 5) is 4.04. The maximum absolute atomic E-state index is 13.6. The summed E-state index contributed by atoms with van der Waals surface area (Å²) in [5.74, 6) is -0.265. The number of nitrogens with two attached hydrogens (primary N) is 1. The van der Waals surface area contributed by atoms with Crippen LogP contribution in [0.15, 0.2) is 41.1 Å². The fraction of sp³-hybridized carbons (Fsp3) is 0.0833. The topological polar surface area (TPSA) is 38.9 Å². The Balaban J connectivity index is 2.53. The van der Waals surface area contributed by atoms with Crippen LogP contribution in [0.25, 0.3) is 11.1 Å². The van der Waals surface area contributed by atoms with E-state index in [0.717, 1.165) is 15.6 Å². The predicted molar refractivity (Wildman–Crippen MR) is 65.2 cm³/mol. The van der Waals surface area contributed by atoms with Crippen molar-refractivity contribution in [2.45, 2.75) is 6.54 Å². The molecule has 1 aromatic heterocycles. The van der Waals surface area contributed by atoms with E-state index in [1.807, 2.05) is 6.07 Å². The standard InChI is InChI=1S/C12H10BrFN2/c13-10-1-2-12(14)11(4-10)9-3-8(5-15)6-16-7-9/h1-4,6-7H,5,15H2. The molecule has 2 N–H and O–H groups in total. The molecule has 82 valence electrons. The molecule has 0 aliphatic carbocycles. The van der Waals surface area contributed by atoms with Gasteiger partial charge in [-0.25, -0.2) is 4.39 Å². The van der Waals surface area contributed by atoms with Crippen molar-refractivity contribution >= 4 is 15.9 Å². The van der Waals surface area contributed by atoms with Crippen LogP contribution in [0.3, 0.4) is 0 Å². The lowest BCUT2D eigenvalue weighted by atomic mass is 10.1. The third-order valence-corrected chi connectivity index (χ3v) is 2.76. The lowest BCUT2D eigenvalue weighted by molar-refractivity contribution is 0.631. The van der Waals surface area contributed by atoms with Gasteiger partial charge in [0.15, 0.2) is 0 Å². The number of rotatable bonds is 2. The van der Waals surface area contributed by atoms with Gasteiger partial charge >= 0.3 is 0 Å². The van der Waals surface area contributed by atoms with Crippen molar-refractivity contribution in [2.75, 3.05) is 0 Å². The Kier molecular flexibility index (Phi) is 3.31. The highest BCUT2D eigenvalue weighted by molar-refractivity contribution is 9.10. The molecule has 0 atom stereocenters. The second-order valence-electron chi connectivity index (χ2n) is 3.41. The first kappa shape index (κ1) is 11.2. The van der Waals surface area contributed by atoms with Crippen molar-refractivity contribution in [3.63, 3.8) is 0 Å². The van der Waals surface area contributed by atoms with Crippen molar-refractivity contribution in [1.82, 2.24) is 4.98 Å². The molecule has 2 nitrogen and oxygen atoms in total. The van der Waals surface area contributed by atoms with Crippen LogP contribution in [-0.4, -0.2) is 4.98 Å². The summed E-state index contributed by atoms with van der Waals surface area (Å²) < 4.78 is 14.4. The molecule has 0 spiro atoms. The van der Waals surface area contributed by atoms with E-state index < -0.39 is 0 Å². The summed E-state index contributed by atoms with van der Waals surface area (Å²) in [6.45, 7) is 0.399. The zero-order valence-electron chi connectivity index (χ0n) is 8.45. The van der Waals surface area contributed by atoms with Crippen LogP contribution in [0.4, 0.5) is 4.39 Å². The summed E-state index contributed by atoms with van der Waals surface area (Å²) in [5.41, 5.74) is 7.67. The summed E-state index contributed by atoms with van der Waals surface area (Å²) in [6.07, 6.45) is 3.31. The SMILES string of the molecule is NCc1cncc(-c2cc(Br)ccc2F)c1. The first-order valence-corrected chi connectivity index (χ1v) is 5.59. The zero-order valence-corrected chi connectivity index (χ0v) is 10.0. The molecule has 0 aliphatic heterocycles. The lowest BCUT2D eigenvalue weighted by Crippen LogP contribution is -1.97. The van der Waals surface area contributed by atoms with E-state index in [9.17, 15) is 4.39 Å². The molecule has 2 rings (SSSR count). The molecular weight excluding hydrogens is 271 g/mol. The highest BCUT2D eigenvalue weighted by Gasteiger charge is 2.06.